The van der Waals surface area contributed by atoms with Crippen molar-refractivity contribution >= 4 is 0 Å². The first kappa shape index (κ1) is 11.5. The molecule has 0 saturated heterocycles. The van der Waals surface area contributed by atoms with Crippen LogP contribution in [0.5, 0.6) is 5.75 Å². The molecule has 0 aliphatic heterocycles. The van der Waals surface area contributed by atoms with E-state index >= 15 is 0 Å². The monoisotopic (exact) mass is 212 g/mol. The van der Waals surface area contributed by atoms with Crippen LogP contribution in [0.2, 0.25) is 0 Å². The molecule has 0 aliphatic carbocycles. The second-order valence-electron chi connectivity index (χ2n) is 2.75. The summed E-state index contributed by atoms with van der Waals surface area (Å²) in [6.07, 6.45) is 0.273. The fraction of sp³-hybridized carbons (Fsp3) is 0.273. The lowest BCUT2D eigenvalue weighted by Gasteiger charge is -2.03. The number of aliphatic hydroxyl groups is 1. The van der Waals surface area contributed by atoms with Crippen LogP contribution in [0.15, 0.2) is 12.1 Å². The van der Waals surface area contributed by atoms with E-state index in [1.807, 2.05) is 0 Å². The van der Waals surface area contributed by atoms with Gasteiger partial charge in [0.2, 0.25) is 0 Å². The Labute approximate surface area is 86.5 Å². The van der Waals surface area contributed by atoms with Gasteiger partial charge in [-0.3, -0.25) is 0 Å². The van der Waals surface area contributed by atoms with Crippen molar-refractivity contribution in [2.24, 2.45) is 0 Å². The molecule has 15 heavy (non-hydrogen) atoms. The van der Waals surface area contributed by atoms with E-state index in [1.54, 1.807) is 0 Å². The molecule has 1 aromatic carbocycles. The fourth-order valence-corrected chi connectivity index (χ4v) is 1.05. The van der Waals surface area contributed by atoms with E-state index in [1.165, 1.54) is 7.11 Å². The number of ether oxygens (including phenoxy) is 1. The number of methoxy groups -OCH3 is 1. The van der Waals surface area contributed by atoms with Gasteiger partial charge in [-0.05, 0) is 12.1 Å². The summed E-state index contributed by atoms with van der Waals surface area (Å²) in [6, 6.07) is 2.18. The molecule has 80 valence electrons. The van der Waals surface area contributed by atoms with Crippen LogP contribution in [-0.4, -0.2) is 18.8 Å². The molecule has 0 aliphatic rings. The zero-order valence-electron chi connectivity index (χ0n) is 8.18. The van der Waals surface area contributed by atoms with E-state index in [4.69, 9.17) is 5.11 Å². The van der Waals surface area contributed by atoms with Gasteiger partial charge in [-0.15, -0.1) is 0 Å². The summed E-state index contributed by atoms with van der Waals surface area (Å²) in [5, 5.41) is 8.46. The Morgan fingerprint density at radius 1 is 1.33 bits per heavy atom. The highest BCUT2D eigenvalue weighted by Gasteiger charge is 2.10. The lowest BCUT2D eigenvalue weighted by atomic mass is 10.2. The summed E-state index contributed by atoms with van der Waals surface area (Å²) in [7, 11) is 1.19. The van der Waals surface area contributed by atoms with Crippen molar-refractivity contribution in [2.75, 3.05) is 13.7 Å². The molecule has 0 saturated carbocycles. The van der Waals surface area contributed by atoms with Crippen LogP contribution >= 0.6 is 0 Å². The molecule has 0 radical (unpaired) electrons. The van der Waals surface area contributed by atoms with Crippen molar-refractivity contribution in [3.63, 3.8) is 0 Å². The molecule has 1 rings (SSSR count). The predicted octanol–water partition coefficient (Wildman–Crippen LogP) is 1.71. The average Bonchev–Trinajstić information content (AvgIpc) is 2.18. The van der Waals surface area contributed by atoms with Crippen molar-refractivity contribution < 1.29 is 18.6 Å². The summed E-state index contributed by atoms with van der Waals surface area (Å²) >= 11 is 0. The van der Waals surface area contributed by atoms with Crippen LogP contribution in [0.3, 0.4) is 0 Å². The van der Waals surface area contributed by atoms with Gasteiger partial charge in [0.1, 0.15) is 0 Å². The SMILES string of the molecule is COc1c(F)cc(C#CCCO)cc1F. The van der Waals surface area contributed by atoms with E-state index < -0.39 is 17.4 Å². The summed E-state index contributed by atoms with van der Waals surface area (Å²) in [6.45, 7) is -0.0753. The molecule has 0 unspecified atom stereocenters. The Balaban J connectivity index is 3.00. The third kappa shape index (κ3) is 2.93. The first-order chi connectivity index (χ1) is 7.19. The molecule has 0 aromatic heterocycles. The van der Waals surface area contributed by atoms with Crippen LogP contribution in [-0.2, 0) is 0 Å². The molecule has 1 N–H and O–H groups in total. The molecule has 0 bridgehead atoms. The standard InChI is InChI=1S/C11H10F2O2/c1-15-11-9(12)6-8(7-10(11)13)4-2-3-5-14/h6-7,14H,3,5H2,1H3. The molecule has 0 atom stereocenters. The Kier molecular flexibility index (Phi) is 4.07. The molecule has 0 heterocycles. The van der Waals surface area contributed by atoms with Crippen molar-refractivity contribution in [3.05, 3.63) is 29.3 Å². The average molecular weight is 212 g/mol. The Bertz CT molecular complexity index is 382. The first-order valence-electron chi connectivity index (χ1n) is 4.31. The minimum absolute atomic E-state index is 0.0753. The van der Waals surface area contributed by atoms with Crippen LogP contribution in [0.25, 0.3) is 0 Å². The van der Waals surface area contributed by atoms with Crippen LogP contribution < -0.4 is 4.74 Å². The van der Waals surface area contributed by atoms with Crippen molar-refractivity contribution in [1.82, 2.24) is 0 Å². The second-order valence-corrected chi connectivity index (χ2v) is 2.75. The van der Waals surface area contributed by atoms with Crippen LogP contribution in [0.4, 0.5) is 8.78 Å². The van der Waals surface area contributed by atoms with Gasteiger partial charge < -0.3 is 9.84 Å². The van der Waals surface area contributed by atoms with E-state index in [-0.39, 0.29) is 18.6 Å². The quantitative estimate of drug-likeness (QED) is 0.756. The lowest BCUT2D eigenvalue weighted by Crippen LogP contribution is -1.93. The highest BCUT2D eigenvalue weighted by molar-refractivity contribution is 5.40. The molecule has 4 heteroatoms. The number of aliphatic hydroxyl groups excluding tert-OH is 1. The Morgan fingerprint density at radius 3 is 2.40 bits per heavy atom. The molecule has 0 spiro atoms. The second kappa shape index (κ2) is 5.32. The van der Waals surface area contributed by atoms with Gasteiger partial charge in [0.25, 0.3) is 0 Å². The third-order valence-corrected chi connectivity index (χ3v) is 1.67. The fourth-order valence-electron chi connectivity index (χ4n) is 1.05. The topological polar surface area (TPSA) is 29.5 Å². The first-order valence-corrected chi connectivity index (χ1v) is 4.31. The van der Waals surface area contributed by atoms with Crippen molar-refractivity contribution in [3.8, 4) is 17.6 Å². The van der Waals surface area contributed by atoms with Gasteiger partial charge in [0.05, 0.1) is 13.7 Å². The Morgan fingerprint density at radius 2 is 1.93 bits per heavy atom. The molecule has 0 fully saturated rings. The number of halogens is 2. The largest absolute Gasteiger partial charge is 0.491 e. The lowest BCUT2D eigenvalue weighted by molar-refractivity contribution is 0.305. The zero-order chi connectivity index (χ0) is 11.3. The highest BCUT2D eigenvalue weighted by atomic mass is 19.1. The van der Waals surface area contributed by atoms with Crippen LogP contribution in [0, 0.1) is 23.5 Å². The maximum Gasteiger partial charge on any atom is 0.190 e. The molecular weight excluding hydrogens is 202 g/mol. The Hall–Kier alpha value is -1.60. The smallest absolute Gasteiger partial charge is 0.190 e. The van der Waals surface area contributed by atoms with Gasteiger partial charge in [-0.2, -0.15) is 0 Å². The number of hydrogen-bond acceptors (Lipinski definition) is 2. The van der Waals surface area contributed by atoms with E-state index in [2.05, 4.69) is 16.6 Å². The van der Waals surface area contributed by atoms with Gasteiger partial charge in [-0.25, -0.2) is 8.78 Å². The van der Waals surface area contributed by atoms with Gasteiger partial charge in [0, 0.05) is 12.0 Å². The molecule has 2 nitrogen and oxygen atoms in total. The number of rotatable bonds is 2. The summed E-state index contributed by atoms with van der Waals surface area (Å²) in [5.74, 6) is 3.12. The van der Waals surface area contributed by atoms with Crippen molar-refractivity contribution in [2.45, 2.75) is 6.42 Å². The number of hydrogen-bond donors (Lipinski definition) is 1. The maximum atomic E-state index is 13.1. The van der Waals surface area contributed by atoms with Crippen molar-refractivity contribution in [1.29, 1.82) is 0 Å². The van der Waals surface area contributed by atoms with Gasteiger partial charge in [0.15, 0.2) is 17.4 Å². The zero-order valence-corrected chi connectivity index (χ0v) is 8.18. The molecule has 0 amide bonds. The molecular formula is C11H10F2O2. The van der Waals surface area contributed by atoms with Gasteiger partial charge in [-0.1, -0.05) is 11.8 Å². The highest BCUT2D eigenvalue weighted by Crippen LogP contribution is 2.22. The third-order valence-electron chi connectivity index (χ3n) is 1.67. The normalized spacial score (nSPS) is 9.33. The van der Waals surface area contributed by atoms with Crippen LogP contribution in [0.1, 0.15) is 12.0 Å². The summed E-state index contributed by atoms with van der Waals surface area (Å²) in [4.78, 5) is 0. The molecule has 1 aromatic rings. The number of benzene rings is 1. The minimum atomic E-state index is -0.786. The van der Waals surface area contributed by atoms with E-state index in [9.17, 15) is 8.78 Å². The van der Waals surface area contributed by atoms with E-state index in [0.717, 1.165) is 12.1 Å². The maximum absolute atomic E-state index is 13.1. The minimum Gasteiger partial charge on any atom is -0.491 e. The van der Waals surface area contributed by atoms with Gasteiger partial charge >= 0.3 is 0 Å². The van der Waals surface area contributed by atoms with E-state index in [0.29, 0.717) is 0 Å². The summed E-state index contributed by atoms with van der Waals surface area (Å²) in [5.41, 5.74) is 0.222. The predicted molar refractivity (Wildman–Crippen MR) is 51.5 cm³/mol. The summed E-state index contributed by atoms with van der Waals surface area (Å²) < 4.78 is 30.8.